The number of amides is 1. The Labute approximate surface area is 123 Å². The lowest BCUT2D eigenvalue weighted by atomic mass is 10.0. The SMILES string of the molecule is COC(=O)N1c2ccccc2C=C(C)C1P(=O)(OC)OC. The molecule has 0 spiro atoms. The van der Waals surface area contributed by atoms with Crippen molar-refractivity contribution in [3.63, 3.8) is 0 Å². The number of para-hydroxylation sites is 1. The maximum absolute atomic E-state index is 12.8. The second-order valence-corrected chi connectivity index (χ2v) is 6.86. The Morgan fingerprint density at radius 2 is 1.81 bits per heavy atom. The fourth-order valence-corrected chi connectivity index (χ4v) is 4.07. The minimum Gasteiger partial charge on any atom is -0.452 e. The number of anilines is 1. The average molecular weight is 311 g/mol. The minimum atomic E-state index is -3.53. The molecule has 0 saturated carbocycles. The zero-order valence-electron chi connectivity index (χ0n) is 12.4. The van der Waals surface area contributed by atoms with Gasteiger partial charge >= 0.3 is 13.7 Å². The molecular formula is C14H18NO5P. The number of methoxy groups -OCH3 is 1. The van der Waals surface area contributed by atoms with E-state index in [4.69, 9.17) is 13.8 Å². The number of hydrogen-bond donors (Lipinski definition) is 0. The fourth-order valence-electron chi connectivity index (χ4n) is 2.45. The van der Waals surface area contributed by atoms with Crippen LogP contribution in [-0.2, 0) is 18.3 Å². The van der Waals surface area contributed by atoms with Gasteiger partial charge in [-0.1, -0.05) is 24.3 Å². The number of fused-ring (bicyclic) bond motifs is 1. The Balaban J connectivity index is 2.65. The van der Waals surface area contributed by atoms with Crippen LogP contribution in [0.1, 0.15) is 12.5 Å². The van der Waals surface area contributed by atoms with Crippen LogP contribution in [0, 0.1) is 0 Å². The Morgan fingerprint density at radius 1 is 1.19 bits per heavy atom. The van der Waals surface area contributed by atoms with Crippen molar-refractivity contribution in [3.05, 3.63) is 35.4 Å². The van der Waals surface area contributed by atoms with Gasteiger partial charge < -0.3 is 13.8 Å². The van der Waals surface area contributed by atoms with Crippen molar-refractivity contribution in [3.8, 4) is 0 Å². The third-order valence-corrected chi connectivity index (χ3v) is 5.67. The van der Waals surface area contributed by atoms with Gasteiger partial charge in [-0.05, 0) is 24.1 Å². The summed E-state index contributed by atoms with van der Waals surface area (Å²) in [6, 6.07) is 7.29. The molecule has 1 atom stereocenters. The molecule has 1 aromatic rings. The summed E-state index contributed by atoms with van der Waals surface area (Å²) in [5.41, 5.74) is 2.15. The lowest BCUT2D eigenvalue weighted by Gasteiger charge is -2.37. The molecule has 0 N–H and O–H groups in total. The number of ether oxygens (including phenoxy) is 1. The number of rotatable bonds is 3. The third-order valence-electron chi connectivity index (χ3n) is 3.41. The summed E-state index contributed by atoms with van der Waals surface area (Å²) in [6.45, 7) is 1.78. The van der Waals surface area contributed by atoms with E-state index in [2.05, 4.69) is 0 Å². The maximum Gasteiger partial charge on any atom is 0.415 e. The molecule has 0 radical (unpaired) electrons. The van der Waals surface area contributed by atoms with Gasteiger partial charge in [-0.2, -0.15) is 0 Å². The Morgan fingerprint density at radius 3 is 2.38 bits per heavy atom. The van der Waals surface area contributed by atoms with Crippen LogP contribution in [0.4, 0.5) is 10.5 Å². The van der Waals surface area contributed by atoms with E-state index in [0.717, 1.165) is 5.56 Å². The van der Waals surface area contributed by atoms with Gasteiger partial charge in [-0.3, -0.25) is 9.46 Å². The van der Waals surface area contributed by atoms with Gasteiger partial charge in [0.25, 0.3) is 0 Å². The van der Waals surface area contributed by atoms with Crippen LogP contribution >= 0.6 is 7.60 Å². The topological polar surface area (TPSA) is 65.1 Å². The number of benzene rings is 1. The van der Waals surface area contributed by atoms with Crippen LogP contribution < -0.4 is 4.90 Å². The van der Waals surface area contributed by atoms with E-state index in [1.807, 2.05) is 18.2 Å². The first-order chi connectivity index (χ1) is 9.98. The Hall–Kier alpha value is -1.62. The monoisotopic (exact) mass is 311 g/mol. The zero-order chi connectivity index (χ0) is 15.6. The van der Waals surface area contributed by atoms with E-state index < -0.39 is 19.5 Å². The Bertz CT molecular complexity index is 620. The first-order valence-corrected chi connectivity index (χ1v) is 7.95. The highest BCUT2D eigenvalue weighted by molar-refractivity contribution is 7.55. The van der Waals surface area contributed by atoms with Crippen LogP contribution in [-0.4, -0.2) is 33.2 Å². The van der Waals surface area contributed by atoms with Crippen molar-refractivity contribution < 1.29 is 23.1 Å². The molecule has 0 aliphatic carbocycles. The summed E-state index contributed by atoms with van der Waals surface area (Å²) in [5.74, 6) is -0.852. The standard InChI is InChI=1S/C14H18NO5P/c1-10-9-11-7-5-6-8-12(11)15(14(16)18-2)13(10)21(17,19-3)20-4/h5-9,13H,1-4H3. The first kappa shape index (κ1) is 15.8. The van der Waals surface area contributed by atoms with Gasteiger partial charge in [-0.15, -0.1) is 0 Å². The summed E-state index contributed by atoms with van der Waals surface area (Å²) >= 11 is 0. The smallest absolute Gasteiger partial charge is 0.415 e. The number of hydrogen-bond acceptors (Lipinski definition) is 5. The highest BCUT2D eigenvalue weighted by atomic mass is 31.2. The molecular weight excluding hydrogens is 293 g/mol. The molecule has 1 aromatic carbocycles. The van der Waals surface area contributed by atoms with E-state index in [0.29, 0.717) is 11.3 Å². The highest BCUT2D eigenvalue weighted by Crippen LogP contribution is 2.58. The van der Waals surface area contributed by atoms with Gasteiger partial charge in [-0.25, -0.2) is 4.79 Å². The fraction of sp³-hybridized carbons (Fsp3) is 0.357. The summed E-state index contributed by atoms with van der Waals surface area (Å²) in [6.07, 6.45) is 1.25. The highest BCUT2D eigenvalue weighted by Gasteiger charge is 2.45. The maximum atomic E-state index is 12.8. The van der Waals surface area contributed by atoms with Crippen LogP contribution in [0.3, 0.4) is 0 Å². The Kier molecular flexibility index (Phi) is 4.52. The molecule has 1 amide bonds. The van der Waals surface area contributed by atoms with E-state index in [1.165, 1.54) is 26.2 Å². The van der Waals surface area contributed by atoms with E-state index in [9.17, 15) is 9.36 Å². The lowest BCUT2D eigenvalue weighted by molar-refractivity contribution is 0.176. The molecule has 114 valence electrons. The van der Waals surface area contributed by atoms with E-state index in [1.54, 1.807) is 19.1 Å². The molecule has 0 bridgehead atoms. The molecule has 1 unspecified atom stereocenters. The van der Waals surface area contributed by atoms with Crippen molar-refractivity contribution in [2.24, 2.45) is 0 Å². The molecule has 7 heteroatoms. The number of nitrogens with zero attached hydrogens (tertiary/aromatic N) is 1. The van der Waals surface area contributed by atoms with Crippen molar-refractivity contribution in [2.75, 3.05) is 26.2 Å². The molecule has 2 rings (SSSR count). The molecule has 21 heavy (non-hydrogen) atoms. The molecule has 0 fully saturated rings. The zero-order valence-corrected chi connectivity index (χ0v) is 13.3. The molecule has 6 nitrogen and oxygen atoms in total. The predicted molar refractivity (Wildman–Crippen MR) is 80.4 cm³/mol. The third kappa shape index (κ3) is 2.62. The van der Waals surface area contributed by atoms with Crippen LogP contribution in [0.5, 0.6) is 0 Å². The molecule has 0 saturated heterocycles. The number of carbonyl (C=O) groups is 1. The normalized spacial score (nSPS) is 18.0. The summed E-state index contributed by atoms with van der Waals surface area (Å²) in [7, 11) is 0.342. The van der Waals surface area contributed by atoms with Gasteiger partial charge in [0.1, 0.15) is 0 Å². The van der Waals surface area contributed by atoms with Crippen molar-refractivity contribution in [1.82, 2.24) is 0 Å². The second kappa shape index (κ2) is 6.02. The molecule has 1 aliphatic rings. The summed E-state index contributed by atoms with van der Waals surface area (Å²) < 4.78 is 27.8. The van der Waals surface area contributed by atoms with Crippen molar-refractivity contribution in [2.45, 2.75) is 12.7 Å². The predicted octanol–water partition coefficient (Wildman–Crippen LogP) is 3.49. The second-order valence-electron chi connectivity index (χ2n) is 4.57. The summed E-state index contributed by atoms with van der Waals surface area (Å²) in [5, 5.41) is 0. The van der Waals surface area contributed by atoms with Crippen LogP contribution in [0.25, 0.3) is 6.08 Å². The van der Waals surface area contributed by atoms with Crippen molar-refractivity contribution >= 4 is 25.5 Å². The lowest BCUT2D eigenvalue weighted by Crippen LogP contribution is -2.43. The van der Waals surface area contributed by atoms with E-state index >= 15 is 0 Å². The van der Waals surface area contributed by atoms with E-state index in [-0.39, 0.29) is 0 Å². The molecule has 1 aliphatic heterocycles. The van der Waals surface area contributed by atoms with Crippen LogP contribution in [0.2, 0.25) is 0 Å². The minimum absolute atomic E-state index is 0.606. The van der Waals surface area contributed by atoms with Gasteiger partial charge in [0.15, 0.2) is 5.78 Å². The largest absolute Gasteiger partial charge is 0.452 e. The first-order valence-electron chi connectivity index (χ1n) is 6.34. The van der Waals surface area contributed by atoms with Gasteiger partial charge in [0.2, 0.25) is 0 Å². The van der Waals surface area contributed by atoms with Crippen molar-refractivity contribution in [1.29, 1.82) is 0 Å². The average Bonchev–Trinajstić information content (AvgIpc) is 2.52. The van der Waals surface area contributed by atoms with Gasteiger partial charge in [0, 0.05) is 14.2 Å². The van der Waals surface area contributed by atoms with Crippen LogP contribution in [0.15, 0.2) is 29.8 Å². The quantitative estimate of drug-likeness (QED) is 0.799. The number of carbonyl (C=O) groups excluding carboxylic acids is 1. The molecule has 0 aromatic heterocycles. The summed E-state index contributed by atoms with van der Waals surface area (Å²) in [4.78, 5) is 13.5. The molecule has 1 heterocycles. The van der Waals surface area contributed by atoms with Gasteiger partial charge in [0.05, 0.1) is 12.8 Å².